The van der Waals surface area contributed by atoms with Crippen LogP contribution in [0.25, 0.3) is 16.9 Å². The molecule has 0 fully saturated rings. The zero-order chi connectivity index (χ0) is 23.1. The predicted molar refractivity (Wildman–Crippen MR) is 123 cm³/mol. The highest BCUT2D eigenvalue weighted by atomic mass is 16.6. The molecule has 0 radical (unpaired) electrons. The van der Waals surface area contributed by atoms with E-state index in [-0.39, 0.29) is 0 Å². The fourth-order valence-corrected chi connectivity index (χ4v) is 3.03. The van der Waals surface area contributed by atoms with Crippen molar-refractivity contribution in [3.05, 3.63) is 48.8 Å². The van der Waals surface area contributed by atoms with Gasteiger partial charge in [-0.2, -0.15) is 0 Å². The molecular formula is C24H31N3O5. The maximum absolute atomic E-state index is 12.5. The van der Waals surface area contributed by atoms with Crippen LogP contribution >= 0.6 is 0 Å². The van der Waals surface area contributed by atoms with Gasteiger partial charge in [0.05, 0.1) is 37.4 Å². The van der Waals surface area contributed by atoms with Crippen LogP contribution in [0.15, 0.2) is 48.8 Å². The minimum absolute atomic E-state index is 0.415. The summed E-state index contributed by atoms with van der Waals surface area (Å²) in [6.07, 6.45) is 3.26. The number of benzene rings is 1. The number of aromatic nitrogens is 2. The van der Waals surface area contributed by atoms with Crippen molar-refractivity contribution in [3.8, 4) is 17.0 Å². The predicted octanol–water partition coefficient (Wildman–Crippen LogP) is 4.41. The van der Waals surface area contributed by atoms with E-state index >= 15 is 0 Å². The zero-order valence-corrected chi connectivity index (χ0v) is 19.3. The van der Waals surface area contributed by atoms with E-state index in [1.54, 1.807) is 20.4 Å². The van der Waals surface area contributed by atoms with Gasteiger partial charge in [-0.15, -0.1) is 0 Å². The van der Waals surface area contributed by atoms with Gasteiger partial charge in [0, 0.05) is 25.9 Å². The second-order valence-corrected chi connectivity index (χ2v) is 8.28. The van der Waals surface area contributed by atoms with E-state index in [9.17, 15) is 4.79 Å². The molecule has 1 amide bonds. The Hall–Kier alpha value is -3.10. The quantitative estimate of drug-likeness (QED) is 0.458. The number of amides is 1. The Morgan fingerprint density at radius 1 is 1.09 bits per heavy atom. The van der Waals surface area contributed by atoms with Crippen LogP contribution in [0.5, 0.6) is 5.75 Å². The summed E-state index contributed by atoms with van der Waals surface area (Å²) in [5.74, 6) is 0.745. The fourth-order valence-electron chi connectivity index (χ4n) is 3.03. The van der Waals surface area contributed by atoms with E-state index in [1.807, 2.05) is 67.8 Å². The molecule has 0 saturated carbocycles. The van der Waals surface area contributed by atoms with Crippen molar-refractivity contribution < 1.29 is 23.7 Å². The van der Waals surface area contributed by atoms with Crippen molar-refractivity contribution in [3.63, 3.8) is 0 Å². The summed E-state index contributed by atoms with van der Waals surface area (Å²) in [5, 5.41) is 0. The Balaban J connectivity index is 1.76. The number of anilines is 1. The topological polar surface area (TPSA) is 74.5 Å². The highest BCUT2D eigenvalue weighted by Crippen LogP contribution is 2.27. The first-order valence-corrected chi connectivity index (χ1v) is 10.5. The summed E-state index contributed by atoms with van der Waals surface area (Å²) in [4.78, 5) is 18.4. The number of carbonyl (C=O) groups is 1. The maximum atomic E-state index is 12.5. The van der Waals surface area contributed by atoms with E-state index in [4.69, 9.17) is 18.9 Å². The number of ether oxygens (including phenoxy) is 4. The normalized spacial score (nSPS) is 11.5. The Bertz CT molecular complexity index is 1040. The van der Waals surface area contributed by atoms with Crippen LogP contribution < -0.4 is 9.64 Å². The monoisotopic (exact) mass is 441 g/mol. The largest absolute Gasteiger partial charge is 0.491 e. The lowest BCUT2D eigenvalue weighted by molar-refractivity contribution is 0.0544. The van der Waals surface area contributed by atoms with Gasteiger partial charge in [-0.05, 0) is 45.0 Å². The number of hydrogen-bond acceptors (Lipinski definition) is 6. The summed E-state index contributed by atoms with van der Waals surface area (Å²) in [7, 11) is 3.33. The summed E-state index contributed by atoms with van der Waals surface area (Å²) < 4.78 is 23.6. The molecule has 0 aliphatic heterocycles. The fraction of sp³-hybridized carbons (Fsp3) is 0.417. The van der Waals surface area contributed by atoms with Crippen LogP contribution in [0.4, 0.5) is 10.5 Å². The SMILES string of the molecule is COCCOCCOc1cccc(-c2cnc3ccc(N(C)C(=O)OC(C)(C)C)cn23)c1. The standard InChI is InChI=1S/C24H31N3O5/c1-24(2,3)32-23(28)26(4)19-9-10-22-25-16-21(27(22)17-19)18-7-6-8-20(15-18)31-14-13-30-12-11-29-5/h6-10,15-17H,11-14H2,1-5H3. The number of imidazole rings is 1. The molecule has 1 aromatic carbocycles. The highest BCUT2D eigenvalue weighted by Gasteiger charge is 2.21. The molecule has 32 heavy (non-hydrogen) atoms. The molecule has 8 nitrogen and oxygen atoms in total. The minimum Gasteiger partial charge on any atom is -0.491 e. The van der Waals surface area contributed by atoms with E-state index in [0.29, 0.717) is 32.1 Å². The molecule has 0 unspecified atom stereocenters. The Morgan fingerprint density at radius 3 is 2.62 bits per heavy atom. The first-order chi connectivity index (χ1) is 15.3. The zero-order valence-electron chi connectivity index (χ0n) is 19.3. The minimum atomic E-state index is -0.565. The van der Waals surface area contributed by atoms with Gasteiger partial charge in [-0.3, -0.25) is 9.30 Å². The summed E-state index contributed by atoms with van der Waals surface area (Å²) in [5.41, 5.74) is 2.75. The molecule has 0 aliphatic rings. The van der Waals surface area contributed by atoms with E-state index in [1.165, 1.54) is 4.90 Å². The molecule has 0 N–H and O–H groups in total. The van der Waals surface area contributed by atoms with Gasteiger partial charge in [0.1, 0.15) is 23.6 Å². The Morgan fingerprint density at radius 2 is 1.88 bits per heavy atom. The van der Waals surface area contributed by atoms with Crippen molar-refractivity contribution in [1.82, 2.24) is 9.38 Å². The van der Waals surface area contributed by atoms with Gasteiger partial charge in [-0.25, -0.2) is 9.78 Å². The third kappa shape index (κ3) is 6.21. The molecule has 3 rings (SSSR count). The van der Waals surface area contributed by atoms with E-state index in [2.05, 4.69) is 4.98 Å². The Kier molecular flexibility index (Phi) is 7.71. The van der Waals surface area contributed by atoms with Gasteiger partial charge in [0.25, 0.3) is 0 Å². The number of fused-ring (bicyclic) bond motifs is 1. The second kappa shape index (κ2) is 10.5. The van der Waals surface area contributed by atoms with Crippen molar-refractivity contribution in [2.24, 2.45) is 0 Å². The lowest BCUT2D eigenvalue weighted by Crippen LogP contribution is -2.34. The molecule has 0 atom stereocenters. The van der Waals surface area contributed by atoms with Gasteiger partial charge < -0.3 is 18.9 Å². The molecule has 172 valence electrons. The molecular weight excluding hydrogens is 410 g/mol. The molecule has 0 saturated heterocycles. The van der Waals surface area contributed by atoms with Crippen LogP contribution in [0, 0.1) is 0 Å². The summed E-state index contributed by atoms with van der Waals surface area (Å²) >= 11 is 0. The van der Waals surface area contributed by atoms with Gasteiger partial charge in [0.2, 0.25) is 0 Å². The van der Waals surface area contributed by atoms with Crippen molar-refractivity contribution in [1.29, 1.82) is 0 Å². The van der Waals surface area contributed by atoms with Crippen LogP contribution in [0.3, 0.4) is 0 Å². The number of rotatable bonds is 9. The Labute approximate surface area is 188 Å². The maximum Gasteiger partial charge on any atom is 0.414 e. The van der Waals surface area contributed by atoms with Crippen LogP contribution in [-0.2, 0) is 14.2 Å². The third-order valence-electron chi connectivity index (χ3n) is 4.60. The molecule has 0 aliphatic carbocycles. The highest BCUT2D eigenvalue weighted by molar-refractivity contribution is 5.87. The van der Waals surface area contributed by atoms with Crippen LogP contribution in [0.2, 0.25) is 0 Å². The first-order valence-electron chi connectivity index (χ1n) is 10.5. The lowest BCUT2D eigenvalue weighted by atomic mass is 10.1. The average Bonchev–Trinajstić information content (AvgIpc) is 3.18. The van der Waals surface area contributed by atoms with Gasteiger partial charge in [0.15, 0.2) is 0 Å². The number of hydrogen-bond donors (Lipinski definition) is 0. The average molecular weight is 442 g/mol. The van der Waals surface area contributed by atoms with Crippen molar-refractivity contribution in [2.45, 2.75) is 26.4 Å². The van der Waals surface area contributed by atoms with Gasteiger partial charge >= 0.3 is 6.09 Å². The van der Waals surface area contributed by atoms with Gasteiger partial charge in [-0.1, -0.05) is 12.1 Å². The summed E-state index contributed by atoms with van der Waals surface area (Å²) in [6.45, 7) is 7.58. The number of pyridine rings is 1. The molecule has 0 bridgehead atoms. The van der Waals surface area contributed by atoms with Crippen LogP contribution in [0.1, 0.15) is 20.8 Å². The molecule has 3 aromatic rings. The lowest BCUT2D eigenvalue weighted by Gasteiger charge is -2.24. The van der Waals surface area contributed by atoms with Crippen molar-refractivity contribution >= 4 is 17.4 Å². The number of nitrogens with zero attached hydrogens (tertiary/aromatic N) is 3. The third-order valence-corrected chi connectivity index (χ3v) is 4.60. The first kappa shape index (κ1) is 23.6. The van der Waals surface area contributed by atoms with E-state index in [0.717, 1.165) is 22.7 Å². The number of carbonyl (C=O) groups excluding carboxylic acids is 1. The molecule has 8 heteroatoms. The van der Waals surface area contributed by atoms with Crippen molar-refractivity contribution in [2.75, 3.05) is 45.5 Å². The number of methoxy groups -OCH3 is 1. The molecule has 2 aromatic heterocycles. The second-order valence-electron chi connectivity index (χ2n) is 8.28. The summed E-state index contributed by atoms with van der Waals surface area (Å²) in [6, 6.07) is 11.5. The smallest absolute Gasteiger partial charge is 0.414 e. The molecule has 2 heterocycles. The van der Waals surface area contributed by atoms with Crippen LogP contribution in [-0.4, -0.2) is 61.7 Å². The van der Waals surface area contributed by atoms with E-state index < -0.39 is 11.7 Å². The molecule has 0 spiro atoms.